The first-order chi connectivity index (χ1) is 7.66. The van der Waals surface area contributed by atoms with Crippen LogP contribution in [0.15, 0.2) is 24.3 Å². The van der Waals surface area contributed by atoms with Crippen molar-refractivity contribution in [3.8, 4) is 0 Å². The molecular formula is C12H15N3S. The summed E-state index contributed by atoms with van der Waals surface area (Å²) in [6, 6.07) is 7.89. The molecule has 0 unspecified atom stereocenters. The highest BCUT2D eigenvalue weighted by atomic mass is 32.1. The normalized spacial score (nSPS) is 10.9. The minimum Gasteiger partial charge on any atom is -0.398 e. The molecule has 1 aromatic heterocycles. The Kier molecular flexibility index (Phi) is 3.19. The van der Waals surface area contributed by atoms with Crippen LogP contribution in [0.2, 0.25) is 0 Å². The van der Waals surface area contributed by atoms with E-state index in [9.17, 15) is 0 Å². The van der Waals surface area contributed by atoms with Gasteiger partial charge in [0, 0.05) is 18.0 Å². The van der Waals surface area contributed by atoms with Gasteiger partial charge in [-0.15, -0.1) is 21.5 Å². The second-order valence-electron chi connectivity index (χ2n) is 4.06. The molecule has 0 atom stereocenters. The van der Waals surface area contributed by atoms with Gasteiger partial charge in [0.1, 0.15) is 10.0 Å². The van der Waals surface area contributed by atoms with E-state index < -0.39 is 0 Å². The Balaban J connectivity index is 2.18. The van der Waals surface area contributed by atoms with E-state index in [0.717, 1.165) is 27.7 Å². The number of para-hydroxylation sites is 1. The molecule has 2 rings (SSSR count). The fourth-order valence-corrected chi connectivity index (χ4v) is 2.30. The van der Waals surface area contributed by atoms with Gasteiger partial charge >= 0.3 is 0 Å². The molecule has 16 heavy (non-hydrogen) atoms. The molecule has 1 heterocycles. The van der Waals surface area contributed by atoms with Crippen LogP contribution in [-0.4, -0.2) is 10.2 Å². The van der Waals surface area contributed by atoms with Gasteiger partial charge in [-0.3, -0.25) is 0 Å². The highest BCUT2D eigenvalue weighted by molar-refractivity contribution is 7.11. The van der Waals surface area contributed by atoms with E-state index in [2.05, 4.69) is 24.0 Å². The fraction of sp³-hybridized carbons (Fsp3) is 0.333. The van der Waals surface area contributed by atoms with Crippen molar-refractivity contribution in [1.82, 2.24) is 10.2 Å². The maximum atomic E-state index is 5.89. The number of nitrogens with two attached hydrogens (primary N) is 1. The third-order valence-corrected chi connectivity index (χ3v) is 3.60. The Morgan fingerprint density at radius 2 is 2.00 bits per heavy atom. The van der Waals surface area contributed by atoms with E-state index in [-0.39, 0.29) is 0 Å². The van der Waals surface area contributed by atoms with Gasteiger partial charge in [0.05, 0.1) is 0 Å². The lowest BCUT2D eigenvalue weighted by Crippen LogP contribution is -1.94. The van der Waals surface area contributed by atoms with Crippen LogP contribution in [0.4, 0.5) is 5.69 Å². The maximum Gasteiger partial charge on any atom is 0.121 e. The second-order valence-corrected chi connectivity index (χ2v) is 5.16. The molecule has 0 fully saturated rings. The van der Waals surface area contributed by atoms with Crippen LogP contribution in [0.1, 0.15) is 35.3 Å². The first-order valence-electron chi connectivity index (χ1n) is 5.32. The maximum absolute atomic E-state index is 5.89. The highest BCUT2D eigenvalue weighted by Crippen LogP contribution is 2.22. The summed E-state index contributed by atoms with van der Waals surface area (Å²) in [7, 11) is 0. The zero-order valence-electron chi connectivity index (χ0n) is 9.47. The van der Waals surface area contributed by atoms with Gasteiger partial charge in [0.25, 0.3) is 0 Å². The fourth-order valence-electron chi connectivity index (χ4n) is 1.43. The van der Waals surface area contributed by atoms with Crippen LogP contribution >= 0.6 is 11.3 Å². The van der Waals surface area contributed by atoms with Crippen LogP contribution < -0.4 is 5.73 Å². The standard InChI is InChI=1S/C12H15N3S/c1-8(2)12-15-14-11(16-12)7-9-5-3-4-6-10(9)13/h3-6,8H,7,13H2,1-2H3. The molecule has 1 aromatic carbocycles. The third-order valence-electron chi connectivity index (χ3n) is 2.37. The number of benzene rings is 1. The smallest absolute Gasteiger partial charge is 0.121 e. The van der Waals surface area contributed by atoms with Gasteiger partial charge < -0.3 is 5.73 Å². The average molecular weight is 233 g/mol. The second kappa shape index (κ2) is 4.61. The number of nitrogens with zero attached hydrogens (tertiary/aromatic N) is 2. The SMILES string of the molecule is CC(C)c1nnc(Cc2ccccc2N)s1. The molecule has 3 nitrogen and oxygen atoms in total. The van der Waals surface area contributed by atoms with E-state index in [1.165, 1.54) is 0 Å². The van der Waals surface area contributed by atoms with E-state index in [0.29, 0.717) is 5.92 Å². The highest BCUT2D eigenvalue weighted by Gasteiger charge is 2.09. The summed E-state index contributed by atoms with van der Waals surface area (Å²) >= 11 is 1.67. The topological polar surface area (TPSA) is 51.8 Å². The number of rotatable bonds is 3. The summed E-state index contributed by atoms with van der Waals surface area (Å²) in [4.78, 5) is 0. The van der Waals surface area contributed by atoms with Crippen molar-refractivity contribution in [3.05, 3.63) is 39.8 Å². The van der Waals surface area contributed by atoms with Crippen molar-refractivity contribution >= 4 is 17.0 Å². The number of hydrogen-bond donors (Lipinski definition) is 1. The van der Waals surface area contributed by atoms with Crippen molar-refractivity contribution in [3.63, 3.8) is 0 Å². The Hall–Kier alpha value is -1.42. The zero-order valence-corrected chi connectivity index (χ0v) is 10.3. The Morgan fingerprint density at radius 3 is 2.62 bits per heavy atom. The van der Waals surface area contributed by atoms with Crippen molar-refractivity contribution in [2.45, 2.75) is 26.2 Å². The van der Waals surface area contributed by atoms with Crippen molar-refractivity contribution < 1.29 is 0 Å². The summed E-state index contributed by atoms with van der Waals surface area (Å²) in [5, 5.41) is 10.5. The molecule has 0 saturated carbocycles. The summed E-state index contributed by atoms with van der Waals surface area (Å²) in [6.07, 6.45) is 0.775. The van der Waals surface area contributed by atoms with Gasteiger partial charge in [-0.2, -0.15) is 0 Å². The molecule has 0 spiro atoms. The monoisotopic (exact) mass is 233 g/mol. The minimum absolute atomic E-state index is 0.444. The number of anilines is 1. The lowest BCUT2D eigenvalue weighted by Gasteiger charge is -2.01. The predicted octanol–water partition coefficient (Wildman–Crippen LogP) is 2.83. The first-order valence-corrected chi connectivity index (χ1v) is 6.14. The summed E-state index contributed by atoms with van der Waals surface area (Å²) < 4.78 is 0. The predicted molar refractivity (Wildman–Crippen MR) is 67.7 cm³/mol. The molecule has 0 saturated heterocycles. The van der Waals surface area contributed by atoms with Gasteiger partial charge in [-0.1, -0.05) is 32.0 Å². The average Bonchev–Trinajstić information content (AvgIpc) is 2.70. The minimum atomic E-state index is 0.444. The van der Waals surface area contributed by atoms with Crippen molar-refractivity contribution in [2.75, 3.05) is 5.73 Å². The molecular weight excluding hydrogens is 218 g/mol. The number of aromatic nitrogens is 2. The summed E-state index contributed by atoms with van der Waals surface area (Å²) in [6.45, 7) is 4.25. The Bertz CT molecular complexity index is 477. The first kappa shape index (κ1) is 11.1. The lowest BCUT2D eigenvalue weighted by atomic mass is 10.1. The van der Waals surface area contributed by atoms with Gasteiger partial charge in [-0.25, -0.2) is 0 Å². The van der Waals surface area contributed by atoms with E-state index in [1.807, 2.05) is 24.3 Å². The molecule has 0 aliphatic rings. The molecule has 4 heteroatoms. The van der Waals surface area contributed by atoms with E-state index in [1.54, 1.807) is 11.3 Å². The molecule has 0 bridgehead atoms. The summed E-state index contributed by atoms with van der Waals surface area (Å²) in [5.74, 6) is 0.444. The van der Waals surface area contributed by atoms with Gasteiger partial charge in [0.2, 0.25) is 0 Å². The third kappa shape index (κ3) is 2.39. The quantitative estimate of drug-likeness (QED) is 0.829. The largest absolute Gasteiger partial charge is 0.398 e. The molecule has 0 aliphatic heterocycles. The van der Waals surface area contributed by atoms with E-state index in [4.69, 9.17) is 5.73 Å². The van der Waals surface area contributed by atoms with Crippen molar-refractivity contribution in [1.29, 1.82) is 0 Å². The molecule has 0 aliphatic carbocycles. The molecule has 84 valence electrons. The van der Waals surface area contributed by atoms with Crippen LogP contribution in [0.5, 0.6) is 0 Å². The van der Waals surface area contributed by atoms with Crippen molar-refractivity contribution in [2.24, 2.45) is 0 Å². The number of nitrogen functional groups attached to an aromatic ring is 1. The summed E-state index contributed by atoms with van der Waals surface area (Å²) in [5.41, 5.74) is 7.83. The van der Waals surface area contributed by atoms with Gasteiger partial charge in [0.15, 0.2) is 0 Å². The number of hydrogen-bond acceptors (Lipinski definition) is 4. The van der Waals surface area contributed by atoms with Crippen LogP contribution in [0.3, 0.4) is 0 Å². The van der Waals surface area contributed by atoms with E-state index >= 15 is 0 Å². The Labute approximate surface area is 99.3 Å². The van der Waals surface area contributed by atoms with Crippen LogP contribution in [0.25, 0.3) is 0 Å². The molecule has 2 N–H and O–H groups in total. The van der Waals surface area contributed by atoms with Gasteiger partial charge in [-0.05, 0) is 11.6 Å². The Morgan fingerprint density at radius 1 is 1.25 bits per heavy atom. The molecule has 0 amide bonds. The zero-order chi connectivity index (χ0) is 11.5. The lowest BCUT2D eigenvalue weighted by molar-refractivity contribution is 0.819. The molecule has 2 aromatic rings. The van der Waals surface area contributed by atoms with Crippen LogP contribution in [-0.2, 0) is 6.42 Å². The van der Waals surface area contributed by atoms with Crippen LogP contribution in [0, 0.1) is 0 Å². The molecule has 0 radical (unpaired) electrons.